The number of carbonyl (C=O) groups excluding carboxylic acids is 3. The number of hydrogen-bond donors (Lipinski definition) is 0. The number of Topliss-reactive ketones (excluding diaryl/α,β-unsaturated/α-hetero) is 1. The Morgan fingerprint density at radius 1 is 0.722 bits per heavy atom. The summed E-state index contributed by atoms with van der Waals surface area (Å²) in [6, 6.07) is 27.4. The number of carbonyl (C=O) groups is 3. The first-order valence-electron chi connectivity index (χ1n) is 12.7. The van der Waals surface area contributed by atoms with Gasteiger partial charge in [-0.05, 0) is 54.7 Å². The van der Waals surface area contributed by atoms with Crippen LogP contribution < -0.4 is 4.90 Å². The topological polar surface area (TPSA) is 54.5 Å². The van der Waals surface area contributed by atoms with Crippen molar-refractivity contribution in [2.75, 3.05) is 4.90 Å². The van der Waals surface area contributed by atoms with Gasteiger partial charge in [-0.25, -0.2) is 4.90 Å². The van der Waals surface area contributed by atoms with Crippen molar-refractivity contribution in [1.29, 1.82) is 0 Å². The lowest BCUT2D eigenvalue weighted by atomic mass is 9.61. The number of hydrogen-bond acceptors (Lipinski definition) is 3. The van der Waals surface area contributed by atoms with Crippen LogP contribution in [0.3, 0.4) is 0 Å². The zero-order chi connectivity index (χ0) is 25.2. The van der Waals surface area contributed by atoms with E-state index in [0.29, 0.717) is 12.1 Å². The highest BCUT2D eigenvalue weighted by molar-refractivity contribution is 6.34. The zero-order valence-electron chi connectivity index (χ0n) is 20.8. The monoisotopic (exact) mass is 475 g/mol. The van der Waals surface area contributed by atoms with Crippen molar-refractivity contribution in [2.45, 2.75) is 33.6 Å². The van der Waals surface area contributed by atoms with E-state index in [2.05, 4.69) is 6.92 Å². The van der Waals surface area contributed by atoms with Crippen molar-refractivity contribution in [3.8, 4) is 0 Å². The SMILES string of the molecule is CCC[C@@]12C(=O)[C@@](C)(C(c3ccccc3)=C1c1ccccc1)[C@H]1C(=O)N(c3ccc(C)cc3)C(=O)[C@@H]12. The van der Waals surface area contributed by atoms with E-state index in [9.17, 15) is 14.4 Å². The van der Waals surface area contributed by atoms with Crippen LogP contribution >= 0.6 is 0 Å². The standard InChI is InChI=1S/C32H29NO3/c1-4-19-32-25(22-13-9-6-10-14-22)24(21-11-7-5-8-12-21)31(3,30(32)36)26-27(32)29(35)33(28(26)34)23-17-15-20(2)16-18-23/h5-18,26-27H,4,19H2,1-3H3/t26-,27-,31+,32-/m1/s1. The van der Waals surface area contributed by atoms with E-state index in [1.54, 1.807) is 0 Å². The van der Waals surface area contributed by atoms with Gasteiger partial charge in [0.05, 0.1) is 28.4 Å². The number of rotatable bonds is 5. The highest BCUT2D eigenvalue weighted by atomic mass is 16.2. The average molecular weight is 476 g/mol. The molecule has 4 heteroatoms. The summed E-state index contributed by atoms with van der Waals surface area (Å²) in [6.07, 6.45) is 1.26. The molecule has 2 amide bonds. The number of benzene rings is 3. The Morgan fingerprint density at radius 3 is 1.81 bits per heavy atom. The fourth-order valence-corrected chi connectivity index (χ4v) is 7.31. The Bertz CT molecular complexity index is 1420. The molecule has 3 aromatic rings. The van der Waals surface area contributed by atoms with Crippen LogP contribution in [0.1, 0.15) is 43.4 Å². The van der Waals surface area contributed by atoms with Crippen molar-refractivity contribution in [2.24, 2.45) is 22.7 Å². The first-order valence-corrected chi connectivity index (χ1v) is 12.7. The van der Waals surface area contributed by atoms with Crippen LogP contribution in [0.4, 0.5) is 5.69 Å². The van der Waals surface area contributed by atoms with Crippen molar-refractivity contribution < 1.29 is 14.4 Å². The molecule has 2 aliphatic carbocycles. The van der Waals surface area contributed by atoms with Crippen LogP contribution in [0.5, 0.6) is 0 Å². The third kappa shape index (κ3) is 2.67. The van der Waals surface area contributed by atoms with Crippen molar-refractivity contribution in [1.82, 2.24) is 0 Å². The maximum Gasteiger partial charge on any atom is 0.239 e. The molecule has 4 atom stereocenters. The molecular weight excluding hydrogens is 446 g/mol. The highest BCUT2D eigenvalue weighted by Gasteiger charge is 2.79. The van der Waals surface area contributed by atoms with Crippen molar-refractivity contribution in [3.05, 3.63) is 102 Å². The fourth-order valence-electron chi connectivity index (χ4n) is 7.31. The third-order valence-electron chi connectivity index (χ3n) is 8.61. The van der Waals surface area contributed by atoms with Gasteiger partial charge in [0.1, 0.15) is 0 Å². The van der Waals surface area contributed by atoms with Crippen LogP contribution in [0.2, 0.25) is 0 Å². The number of ketones is 1. The average Bonchev–Trinajstić information content (AvgIpc) is 3.36. The van der Waals surface area contributed by atoms with Crippen LogP contribution in [0, 0.1) is 29.6 Å². The van der Waals surface area contributed by atoms with E-state index in [1.807, 2.05) is 98.8 Å². The van der Waals surface area contributed by atoms with Gasteiger partial charge in [0.15, 0.2) is 5.78 Å². The number of nitrogens with zero attached hydrogens (tertiary/aromatic N) is 1. The third-order valence-corrected chi connectivity index (χ3v) is 8.61. The molecule has 1 aliphatic heterocycles. The number of amides is 2. The molecule has 3 aliphatic rings. The number of allylic oxidation sites excluding steroid dienone is 2. The molecule has 3 aromatic carbocycles. The maximum atomic E-state index is 14.6. The fraction of sp³-hybridized carbons (Fsp3) is 0.281. The molecule has 0 N–H and O–H groups in total. The number of anilines is 1. The predicted molar refractivity (Wildman–Crippen MR) is 141 cm³/mol. The summed E-state index contributed by atoms with van der Waals surface area (Å²) in [5.41, 5.74) is 3.24. The smallest absolute Gasteiger partial charge is 0.239 e. The molecule has 0 aromatic heterocycles. The second kappa shape index (κ2) is 7.86. The Hall–Kier alpha value is -3.79. The van der Waals surface area contributed by atoms with Gasteiger partial charge in [0.25, 0.3) is 0 Å². The lowest BCUT2D eigenvalue weighted by Crippen LogP contribution is -2.41. The summed E-state index contributed by atoms with van der Waals surface area (Å²) < 4.78 is 0. The van der Waals surface area contributed by atoms with Crippen LogP contribution in [-0.4, -0.2) is 17.6 Å². The second-order valence-electron chi connectivity index (χ2n) is 10.5. The quantitative estimate of drug-likeness (QED) is 0.419. The molecule has 2 bridgehead atoms. The van der Waals surface area contributed by atoms with Crippen molar-refractivity contribution in [3.63, 3.8) is 0 Å². The van der Waals surface area contributed by atoms with E-state index in [4.69, 9.17) is 0 Å². The van der Waals surface area contributed by atoms with Gasteiger partial charge in [0, 0.05) is 0 Å². The van der Waals surface area contributed by atoms with Crippen LogP contribution in [0.15, 0.2) is 84.9 Å². The minimum Gasteiger partial charge on any atom is -0.298 e. The summed E-state index contributed by atoms with van der Waals surface area (Å²) in [5.74, 6) is -1.91. The van der Waals surface area contributed by atoms with E-state index < -0.39 is 22.7 Å². The van der Waals surface area contributed by atoms with Gasteiger partial charge >= 0.3 is 0 Å². The summed E-state index contributed by atoms with van der Waals surface area (Å²) >= 11 is 0. The minimum absolute atomic E-state index is 0.0230. The number of aryl methyl sites for hydroxylation is 1. The lowest BCUT2D eigenvalue weighted by molar-refractivity contribution is -0.134. The largest absolute Gasteiger partial charge is 0.298 e. The number of imide groups is 1. The van der Waals surface area contributed by atoms with Gasteiger partial charge in [-0.2, -0.15) is 0 Å². The highest BCUT2D eigenvalue weighted by Crippen LogP contribution is 2.74. The Balaban J connectivity index is 1.65. The Morgan fingerprint density at radius 2 is 1.25 bits per heavy atom. The maximum absolute atomic E-state index is 14.6. The molecule has 1 heterocycles. The van der Waals surface area contributed by atoms with Gasteiger partial charge in [-0.3, -0.25) is 14.4 Å². The van der Waals surface area contributed by atoms with E-state index in [-0.39, 0.29) is 17.6 Å². The van der Waals surface area contributed by atoms with Crippen molar-refractivity contribution >= 4 is 34.4 Å². The molecule has 0 unspecified atom stereocenters. The van der Waals surface area contributed by atoms with E-state index >= 15 is 0 Å². The molecular formula is C32H29NO3. The molecule has 36 heavy (non-hydrogen) atoms. The molecule has 2 fully saturated rings. The summed E-state index contributed by atoms with van der Waals surface area (Å²) in [7, 11) is 0. The summed E-state index contributed by atoms with van der Waals surface area (Å²) in [4.78, 5) is 44.3. The molecule has 4 nitrogen and oxygen atoms in total. The predicted octanol–water partition coefficient (Wildman–Crippen LogP) is 6.10. The Labute approximate surface area is 211 Å². The van der Waals surface area contributed by atoms with Gasteiger partial charge in [0.2, 0.25) is 11.8 Å². The lowest BCUT2D eigenvalue weighted by Gasteiger charge is -2.37. The van der Waals surface area contributed by atoms with E-state index in [1.165, 1.54) is 4.90 Å². The molecule has 0 radical (unpaired) electrons. The van der Waals surface area contributed by atoms with Gasteiger partial charge in [-0.15, -0.1) is 0 Å². The molecule has 6 rings (SSSR count). The van der Waals surface area contributed by atoms with Gasteiger partial charge < -0.3 is 0 Å². The summed E-state index contributed by atoms with van der Waals surface area (Å²) in [6.45, 7) is 5.94. The zero-order valence-corrected chi connectivity index (χ0v) is 20.8. The molecule has 1 saturated heterocycles. The first-order chi connectivity index (χ1) is 17.4. The summed E-state index contributed by atoms with van der Waals surface area (Å²) in [5, 5.41) is 0. The second-order valence-corrected chi connectivity index (χ2v) is 10.5. The molecule has 180 valence electrons. The molecule has 0 spiro atoms. The van der Waals surface area contributed by atoms with E-state index in [0.717, 1.165) is 34.3 Å². The normalized spacial score (nSPS) is 28.9. The number of fused-ring (bicyclic) bond motifs is 5. The Kier molecular flexibility index (Phi) is 4.95. The van der Waals surface area contributed by atoms with Crippen LogP contribution in [-0.2, 0) is 14.4 Å². The minimum atomic E-state index is -1.08. The molecule has 1 saturated carbocycles. The van der Waals surface area contributed by atoms with Gasteiger partial charge in [-0.1, -0.05) is 91.7 Å². The van der Waals surface area contributed by atoms with Crippen LogP contribution in [0.25, 0.3) is 11.1 Å². The first kappa shape index (κ1) is 22.7.